The van der Waals surface area contributed by atoms with Crippen LogP contribution < -0.4 is 5.32 Å². The Hall–Kier alpha value is -2.43. The van der Waals surface area contributed by atoms with E-state index in [0.29, 0.717) is 5.69 Å². The summed E-state index contributed by atoms with van der Waals surface area (Å²) in [6.45, 7) is 1.87. The van der Waals surface area contributed by atoms with Crippen LogP contribution in [0.1, 0.15) is 28.9 Å². The first-order valence-electron chi connectivity index (χ1n) is 5.77. The number of carbonyl (C=O) groups is 1. The van der Waals surface area contributed by atoms with Gasteiger partial charge >= 0.3 is 5.97 Å². The molecule has 0 radical (unpaired) electrons. The third-order valence-electron chi connectivity index (χ3n) is 2.79. The molecule has 1 unspecified atom stereocenters. The van der Waals surface area contributed by atoms with E-state index in [-0.39, 0.29) is 17.4 Å². The van der Waals surface area contributed by atoms with Gasteiger partial charge in [0, 0.05) is 18.4 Å². The smallest absolute Gasteiger partial charge is 0.339 e. The molecule has 1 aromatic carbocycles. The van der Waals surface area contributed by atoms with E-state index in [1.54, 1.807) is 18.2 Å². The molecule has 4 nitrogen and oxygen atoms in total. The lowest BCUT2D eigenvalue weighted by Gasteiger charge is -2.17. The Labute approximate surface area is 109 Å². The van der Waals surface area contributed by atoms with Gasteiger partial charge in [-0.25, -0.2) is 9.18 Å². The van der Waals surface area contributed by atoms with Crippen LogP contribution in [-0.2, 0) is 0 Å². The van der Waals surface area contributed by atoms with Gasteiger partial charge in [0.2, 0.25) is 0 Å². The summed E-state index contributed by atoms with van der Waals surface area (Å²) < 4.78 is 12.8. The van der Waals surface area contributed by atoms with Crippen LogP contribution in [-0.4, -0.2) is 16.1 Å². The zero-order valence-electron chi connectivity index (χ0n) is 10.3. The zero-order chi connectivity index (χ0) is 13.8. The van der Waals surface area contributed by atoms with Crippen LogP contribution in [0.15, 0.2) is 42.7 Å². The molecule has 5 heteroatoms. The Morgan fingerprint density at radius 2 is 2.00 bits per heavy atom. The van der Waals surface area contributed by atoms with Crippen LogP contribution in [0.5, 0.6) is 0 Å². The molecule has 2 rings (SSSR count). The summed E-state index contributed by atoms with van der Waals surface area (Å²) in [4.78, 5) is 14.8. The molecule has 1 atom stereocenters. The fourth-order valence-corrected chi connectivity index (χ4v) is 1.76. The van der Waals surface area contributed by atoms with Gasteiger partial charge in [-0.15, -0.1) is 0 Å². The van der Waals surface area contributed by atoms with Crippen LogP contribution in [0.2, 0.25) is 0 Å². The molecule has 0 spiro atoms. The molecule has 2 N–H and O–H groups in total. The summed E-state index contributed by atoms with van der Waals surface area (Å²) in [5, 5.41) is 12.1. The first-order chi connectivity index (χ1) is 9.08. The molecule has 98 valence electrons. The minimum atomic E-state index is -1.04. The molecule has 0 aliphatic heterocycles. The van der Waals surface area contributed by atoms with E-state index >= 15 is 0 Å². The lowest BCUT2D eigenvalue weighted by Crippen LogP contribution is -2.11. The predicted molar refractivity (Wildman–Crippen MR) is 69.6 cm³/mol. The van der Waals surface area contributed by atoms with Gasteiger partial charge in [-0.1, -0.05) is 12.1 Å². The van der Waals surface area contributed by atoms with E-state index in [4.69, 9.17) is 5.11 Å². The van der Waals surface area contributed by atoms with Crippen molar-refractivity contribution in [2.24, 2.45) is 0 Å². The Bertz CT molecular complexity index is 584. The maximum atomic E-state index is 12.8. The van der Waals surface area contributed by atoms with Crippen LogP contribution in [0, 0.1) is 5.82 Å². The van der Waals surface area contributed by atoms with Gasteiger partial charge in [0.1, 0.15) is 11.4 Å². The normalized spacial score (nSPS) is 11.9. The van der Waals surface area contributed by atoms with Crippen LogP contribution in [0.3, 0.4) is 0 Å². The number of hydrogen-bond acceptors (Lipinski definition) is 3. The second-order valence-electron chi connectivity index (χ2n) is 4.14. The van der Waals surface area contributed by atoms with Crippen molar-refractivity contribution in [3.05, 3.63) is 59.7 Å². The molecule has 19 heavy (non-hydrogen) atoms. The van der Waals surface area contributed by atoms with Gasteiger partial charge < -0.3 is 10.4 Å². The monoisotopic (exact) mass is 260 g/mol. The van der Waals surface area contributed by atoms with Crippen molar-refractivity contribution in [3.63, 3.8) is 0 Å². The van der Waals surface area contributed by atoms with Gasteiger partial charge in [-0.3, -0.25) is 4.98 Å². The first kappa shape index (κ1) is 13.0. The average molecular weight is 260 g/mol. The molecular formula is C14H13FN2O2. The van der Waals surface area contributed by atoms with Gasteiger partial charge in [0.05, 0.1) is 5.69 Å². The summed E-state index contributed by atoms with van der Waals surface area (Å²) in [6, 6.07) is 7.53. The number of halogens is 1. The van der Waals surface area contributed by atoms with Gasteiger partial charge in [-0.05, 0) is 30.7 Å². The number of rotatable bonds is 4. The Morgan fingerprint density at radius 1 is 1.32 bits per heavy atom. The number of benzene rings is 1. The van der Waals surface area contributed by atoms with Crippen LogP contribution in [0.25, 0.3) is 0 Å². The highest BCUT2D eigenvalue weighted by Gasteiger charge is 2.12. The van der Waals surface area contributed by atoms with Gasteiger partial charge in [0.15, 0.2) is 0 Å². The van der Waals surface area contributed by atoms with E-state index in [1.807, 2.05) is 6.92 Å². The van der Waals surface area contributed by atoms with Crippen molar-refractivity contribution in [1.82, 2.24) is 4.98 Å². The number of nitrogens with one attached hydrogen (secondary N) is 1. The molecule has 0 bridgehead atoms. The largest absolute Gasteiger partial charge is 0.478 e. The average Bonchev–Trinajstić information content (AvgIpc) is 2.39. The molecule has 0 amide bonds. The topological polar surface area (TPSA) is 62.2 Å². The molecule has 0 saturated heterocycles. The van der Waals surface area contributed by atoms with E-state index in [1.165, 1.54) is 24.5 Å². The molecule has 2 aromatic rings. The second-order valence-corrected chi connectivity index (χ2v) is 4.14. The summed E-state index contributed by atoms with van der Waals surface area (Å²) in [5.74, 6) is -1.34. The standard InChI is InChI=1S/C14H13FN2O2/c1-9(10-2-4-11(15)5-3-10)17-13-6-7-16-8-12(13)14(18)19/h2-9H,1H3,(H,16,17)(H,18,19). The number of anilines is 1. The maximum Gasteiger partial charge on any atom is 0.339 e. The SMILES string of the molecule is CC(Nc1ccncc1C(=O)O)c1ccc(F)cc1. The summed E-state index contributed by atoms with van der Waals surface area (Å²) >= 11 is 0. The number of aromatic nitrogens is 1. The molecular weight excluding hydrogens is 247 g/mol. The van der Waals surface area contributed by atoms with Gasteiger partial charge in [0.25, 0.3) is 0 Å². The number of aromatic carboxylic acids is 1. The van der Waals surface area contributed by atoms with Crippen LogP contribution in [0.4, 0.5) is 10.1 Å². The molecule has 0 saturated carbocycles. The molecule has 1 aromatic heterocycles. The number of carboxylic acids is 1. The third kappa shape index (κ3) is 3.07. The number of nitrogens with zero attached hydrogens (tertiary/aromatic N) is 1. The summed E-state index contributed by atoms with van der Waals surface area (Å²) in [6.07, 6.45) is 2.81. The fourth-order valence-electron chi connectivity index (χ4n) is 1.76. The lowest BCUT2D eigenvalue weighted by molar-refractivity contribution is 0.0697. The molecule has 0 fully saturated rings. The minimum Gasteiger partial charge on any atom is -0.478 e. The molecule has 0 aliphatic carbocycles. The third-order valence-corrected chi connectivity index (χ3v) is 2.79. The number of hydrogen-bond donors (Lipinski definition) is 2. The van der Waals surface area contributed by atoms with E-state index in [2.05, 4.69) is 10.3 Å². The van der Waals surface area contributed by atoms with Crippen molar-refractivity contribution in [1.29, 1.82) is 0 Å². The predicted octanol–water partition coefficient (Wildman–Crippen LogP) is 3.09. The quantitative estimate of drug-likeness (QED) is 0.886. The lowest BCUT2D eigenvalue weighted by atomic mass is 10.1. The summed E-state index contributed by atoms with van der Waals surface area (Å²) in [5.41, 5.74) is 1.46. The Kier molecular flexibility index (Phi) is 3.75. The number of carboxylic acid groups (broad SMARTS) is 1. The Balaban J connectivity index is 2.21. The van der Waals surface area contributed by atoms with Crippen molar-refractivity contribution in [3.8, 4) is 0 Å². The van der Waals surface area contributed by atoms with Crippen molar-refractivity contribution in [2.75, 3.05) is 5.32 Å². The van der Waals surface area contributed by atoms with Crippen molar-refractivity contribution in [2.45, 2.75) is 13.0 Å². The fraction of sp³-hybridized carbons (Fsp3) is 0.143. The van der Waals surface area contributed by atoms with Crippen LogP contribution >= 0.6 is 0 Å². The van der Waals surface area contributed by atoms with E-state index in [0.717, 1.165) is 5.56 Å². The van der Waals surface area contributed by atoms with E-state index in [9.17, 15) is 9.18 Å². The summed E-state index contributed by atoms with van der Waals surface area (Å²) in [7, 11) is 0. The molecule has 0 aliphatic rings. The molecule has 1 heterocycles. The number of pyridine rings is 1. The van der Waals surface area contributed by atoms with Crippen molar-refractivity contribution < 1.29 is 14.3 Å². The van der Waals surface area contributed by atoms with Gasteiger partial charge in [-0.2, -0.15) is 0 Å². The second kappa shape index (κ2) is 5.48. The van der Waals surface area contributed by atoms with Crippen molar-refractivity contribution >= 4 is 11.7 Å². The first-order valence-corrected chi connectivity index (χ1v) is 5.77. The highest BCUT2D eigenvalue weighted by atomic mass is 19.1. The maximum absolute atomic E-state index is 12.8. The van der Waals surface area contributed by atoms with E-state index < -0.39 is 5.97 Å². The Morgan fingerprint density at radius 3 is 2.63 bits per heavy atom. The minimum absolute atomic E-state index is 0.108. The highest BCUT2D eigenvalue weighted by molar-refractivity contribution is 5.93. The zero-order valence-corrected chi connectivity index (χ0v) is 10.3. The highest BCUT2D eigenvalue weighted by Crippen LogP contribution is 2.22.